The Labute approximate surface area is 188 Å². The molecule has 0 radical (unpaired) electrons. The summed E-state index contributed by atoms with van der Waals surface area (Å²) in [7, 11) is 0. The summed E-state index contributed by atoms with van der Waals surface area (Å²) >= 11 is 0. The third-order valence-corrected chi connectivity index (χ3v) is 4.65. The SMILES string of the molecule is C(=N/N=C(\C(=N\N=C\c1ccccc1)c1ccccc1)c1ccccc1)\c1ccccc1. The molecular formula is C28H22N4. The van der Waals surface area contributed by atoms with Crippen molar-refractivity contribution in [3.63, 3.8) is 0 Å². The molecule has 0 N–H and O–H groups in total. The minimum Gasteiger partial charge on any atom is -0.158 e. The number of rotatable bonds is 7. The topological polar surface area (TPSA) is 49.4 Å². The highest BCUT2D eigenvalue weighted by Gasteiger charge is 2.14. The molecule has 0 aromatic heterocycles. The zero-order valence-corrected chi connectivity index (χ0v) is 17.5. The van der Waals surface area contributed by atoms with Crippen molar-refractivity contribution < 1.29 is 0 Å². The van der Waals surface area contributed by atoms with Crippen LogP contribution in [0.5, 0.6) is 0 Å². The summed E-state index contributed by atoms with van der Waals surface area (Å²) in [5, 5.41) is 17.9. The molecule has 4 heteroatoms. The summed E-state index contributed by atoms with van der Waals surface area (Å²) in [5.41, 5.74) is 5.07. The summed E-state index contributed by atoms with van der Waals surface area (Å²) in [6.45, 7) is 0. The van der Waals surface area contributed by atoms with Crippen LogP contribution < -0.4 is 0 Å². The van der Waals surface area contributed by atoms with E-state index in [-0.39, 0.29) is 0 Å². The van der Waals surface area contributed by atoms with Crippen LogP contribution >= 0.6 is 0 Å². The van der Waals surface area contributed by atoms with E-state index in [2.05, 4.69) is 20.4 Å². The van der Waals surface area contributed by atoms with Gasteiger partial charge in [0.05, 0.1) is 12.4 Å². The summed E-state index contributed by atoms with van der Waals surface area (Å²) < 4.78 is 0. The highest BCUT2D eigenvalue weighted by molar-refractivity contribution is 6.53. The molecular weight excluding hydrogens is 392 g/mol. The van der Waals surface area contributed by atoms with E-state index in [9.17, 15) is 0 Å². The fourth-order valence-electron chi connectivity index (χ4n) is 3.06. The van der Waals surface area contributed by atoms with E-state index in [1.54, 1.807) is 12.4 Å². The monoisotopic (exact) mass is 414 g/mol. The largest absolute Gasteiger partial charge is 0.158 e. The van der Waals surface area contributed by atoms with Gasteiger partial charge in [0.2, 0.25) is 0 Å². The Kier molecular flexibility index (Phi) is 7.21. The molecule has 4 aromatic rings. The van der Waals surface area contributed by atoms with E-state index in [1.165, 1.54) is 0 Å². The predicted octanol–water partition coefficient (Wildman–Crippen LogP) is 6.03. The van der Waals surface area contributed by atoms with Crippen LogP contribution in [0.15, 0.2) is 142 Å². The van der Waals surface area contributed by atoms with E-state index in [4.69, 9.17) is 0 Å². The van der Waals surface area contributed by atoms with Crippen molar-refractivity contribution in [2.45, 2.75) is 0 Å². The van der Waals surface area contributed by atoms with Crippen molar-refractivity contribution in [1.82, 2.24) is 0 Å². The van der Waals surface area contributed by atoms with Crippen LogP contribution in [0.3, 0.4) is 0 Å². The molecule has 154 valence electrons. The Morgan fingerprint density at radius 3 is 1.06 bits per heavy atom. The summed E-state index contributed by atoms with van der Waals surface area (Å²) in [6, 6.07) is 39.6. The van der Waals surface area contributed by atoms with Gasteiger partial charge in [0, 0.05) is 11.1 Å². The molecule has 0 aliphatic carbocycles. The van der Waals surface area contributed by atoms with Gasteiger partial charge in [0.1, 0.15) is 11.4 Å². The number of hydrogen-bond acceptors (Lipinski definition) is 4. The van der Waals surface area contributed by atoms with Crippen LogP contribution in [-0.2, 0) is 0 Å². The molecule has 4 nitrogen and oxygen atoms in total. The standard InChI is InChI=1S/C28H22N4/c1-5-13-23(14-6-1)21-29-31-27(25-17-9-3-10-18-25)28(26-19-11-4-12-20-26)32-30-22-24-15-7-2-8-16-24/h1-22H/b29-21+,30-22+,31-27-,32-28+. The van der Waals surface area contributed by atoms with Crippen LogP contribution in [0.25, 0.3) is 0 Å². The van der Waals surface area contributed by atoms with Gasteiger partial charge in [-0.05, 0) is 11.1 Å². The van der Waals surface area contributed by atoms with E-state index in [0.29, 0.717) is 11.4 Å². The lowest BCUT2D eigenvalue weighted by molar-refractivity contribution is 1.23. The maximum atomic E-state index is 4.57. The van der Waals surface area contributed by atoms with Crippen LogP contribution in [0.1, 0.15) is 22.3 Å². The Balaban J connectivity index is 1.77. The molecule has 0 bridgehead atoms. The molecule has 0 saturated heterocycles. The molecule has 0 saturated carbocycles. The maximum Gasteiger partial charge on any atom is 0.121 e. The zero-order valence-electron chi connectivity index (χ0n) is 17.5. The van der Waals surface area contributed by atoms with E-state index >= 15 is 0 Å². The average Bonchev–Trinajstić information content (AvgIpc) is 2.87. The first-order valence-corrected chi connectivity index (χ1v) is 10.3. The summed E-state index contributed by atoms with van der Waals surface area (Å²) in [6.07, 6.45) is 3.47. The van der Waals surface area contributed by atoms with Crippen LogP contribution in [0, 0.1) is 0 Å². The van der Waals surface area contributed by atoms with E-state index in [1.807, 2.05) is 121 Å². The molecule has 0 aliphatic rings. The average molecular weight is 415 g/mol. The minimum absolute atomic E-state index is 0.647. The molecule has 0 aliphatic heterocycles. The van der Waals surface area contributed by atoms with Gasteiger partial charge in [-0.15, -0.1) is 10.2 Å². The summed E-state index contributed by atoms with van der Waals surface area (Å²) in [5.74, 6) is 0. The first kappa shape index (κ1) is 20.8. The minimum atomic E-state index is 0.647. The number of benzene rings is 4. The first-order chi connectivity index (χ1) is 15.9. The second-order valence-electron chi connectivity index (χ2n) is 6.94. The van der Waals surface area contributed by atoms with Gasteiger partial charge in [-0.3, -0.25) is 0 Å². The lowest BCUT2D eigenvalue weighted by Crippen LogP contribution is -2.17. The molecule has 32 heavy (non-hydrogen) atoms. The lowest BCUT2D eigenvalue weighted by Gasteiger charge is -2.08. The molecule has 0 fully saturated rings. The molecule has 0 unspecified atom stereocenters. The fraction of sp³-hybridized carbons (Fsp3) is 0. The molecule has 0 atom stereocenters. The Bertz CT molecular complexity index is 1130. The fourth-order valence-corrected chi connectivity index (χ4v) is 3.06. The second-order valence-corrected chi connectivity index (χ2v) is 6.94. The van der Waals surface area contributed by atoms with Crippen molar-refractivity contribution in [2.24, 2.45) is 20.4 Å². The molecule has 0 heterocycles. The normalized spacial score (nSPS) is 12.5. The zero-order chi connectivity index (χ0) is 21.8. The van der Waals surface area contributed by atoms with Crippen LogP contribution in [0.4, 0.5) is 0 Å². The van der Waals surface area contributed by atoms with Crippen molar-refractivity contribution >= 4 is 23.9 Å². The van der Waals surface area contributed by atoms with Crippen molar-refractivity contribution in [1.29, 1.82) is 0 Å². The molecule has 0 amide bonds. The Hall–Kier alpha value is -4.44. The van der Waals surface area contributed by atoms with E-state index < -0.39 is 0 Å². The third-order valence-electron chi connectivity index (χ3n) is 4.65. The first-order valence-electron chi connectivity index (χ1n) is 10.3. The smallest absolute Gasteiger partial charge is 0.121 e. The lowest BCUT2D eigenvalue weighted by atomic mass is 10.00. The van der Waals surface area contributed by atoms with Crippen LogP contribution in [-0.4, -0.2) is 23.9 Å². The van der Waals surface area contributed by atoms with E-state index in [0.717, 1.165) is 22.3 Å². The number of nitrogens with zero attached hydrogens (tertiary/aromatic N) is 4. The van der Waals surface area contributed by atoms with Gasteiger partial charge >= 0.3 is 0 Å². The maximum absolute atomic E-state index is 4.57. The molecule has 4 aromatic carbocycles. The predicted molar refractivity (Wildman–Crippen MR) is 134 cm³/mol. The van der Waals surface area contributed by atoms with Gasteiger partial charge in [-0.2, -0.15) is 10.2 Å². The highest BCUT2D eigenvalue weighted by atomic mass is 15.2. The summed E-state index contributed by atoms with van der Waals surface area (Å²) in [4.78, 5) is 0. The van der Waals surface area contributed by atoms with Crippen molar-refractivity contribution in [3.05, 3.63) is 144 Å². The molecule has 0 spiro atoms. The van der Waals surface area contributed by atoms with Crippen molar-refractivity contribution in [2.75, 3.05) is 0 Å². The Morgan fingerprint density at radius 2 is 0.719 bits per heavy atom. The second kappa shape index (κ2) is 11.1. The highest BCUT2D eigenvalue weighted by Crippen LogP contribution is 2.12. The Morgan fingerprint density at radius 1 is 0.406 bits per heavy atom. The molecule has 4 rings (SSSR count). The van der Waals surface area contributed by atoms with Gasteiger partial charge in [-0.1, -0.05) is 121 Å². The van der Waals surface area contributed by atoms with Gasteiger partial charge in [0.15, 0.2) is 0 Å². The quantitative estimate of drug-likeness (QED) is 0.262. The van der Waals surface area contributed by atoms with Crippen molar-refractivity contribution in [3.8, 4) is 0 Å². The van der Waals surface area contributed by atoms with Gasteiger partial charge < -0.3 is 0 Å². The third kappa shape index (κ3) is 5.80. The van der Waals surface area contributed by atoms with Gasteiger partial charge in [-0.25, -0.2) is 0 Å². The number of hydrogen-bond donors (Lipinski definition) is 0. The van der Waals surface area contributed by atoms with Gasteiger partial charge in [0.25, 0.3) is 0 Å². The van der Waals surface area contributed by atoms with Crippen LogP contribution in [0.2, 0.25) is 0 Å².